The van der Waals surface area contributed by atoms with Crippen LogP contribution in [0.1, 0.15) is 39.5 Å². The molecule has 3 atom stereocenters. The maximum atomic E-state index is 9.21. The number of aliphatic hydroxyl groups excluding tert-OH is 1. The topological polar surface area (TPSA) is 29.5 Å². The lowest BCUT2D eigenvalue weighted by atomic mass is 9.98. The number of rotatable bonds is 3. The van der Waals surface area contributed by atoms with E-state index in [4.69, 9.17) is 4.74 Å². The first-order valence-corrected chi connectivity index (χ1v) is 4.79. The van der Waals surface area contributed by atoms with E-state index < -0.39 is 0 Å². The van der Waals surface area contributed by atoms with Crippen LogP contribution in [-0.2, 0) is 4.74 Å². The zero-order chi connectivity index (χ0) is 9.19. The minimum atomic E-state index is -0.158. The van der Waals surface area contributed by atoms with Gasteiger partial charge in [-0.1, -0.05) is 0 Å². The van der Waals surface area contributed by atoms with Crippen LogP contribution in [0.4, 0.5) is 0 Å². The van der Waals surface area contributed by atoms with Gasteiger partial charge in [0.2, 0.25) is 0 Å². The Labute approximate surface area is 74.9 Å². The summed E-state index contributed by atoms with van der Waals surface area (Å²) in [7, 11) is 1.78. The van der Waals surface area contributed by atoms with E-state index >= 15 is 0 Å². The summed E-state index contributed by atoms with van der Waals surface area (Å²) >= 11 is 0. The predicted molar refractivity (Wildman–Crippen MR) is 49.1 cm³/mol. The Morgan fingerprint density at radius 3 is 2.75 bits per heavy atom. The monoisotopic (exact) mass is 172 g/mol. The third kappa shape index (κ3) is 2.46. The first-order valence-electron chi connectivity index (χ1n) is 4.79. The van der Waals surface area contributed by atoms with Crippen molar-refractivity contribution >= 4 is 0 Å². The fourth-order valence-electron chi connectivity index (χ4n) is 2.19. The molecule has 0 saturated heterocycles. The molecule has 1 aliphatic rings. The highest BCUT2D eigenvalue weighted by Gasteiger charge is 2.35. The number of aliphatic hydroxyl groups is 1. The van der Waals surface area contributed by atoms with E-state index in [1.54, 1.807) is 7.11 Å². The lowest BCUT2D eigenvalue weighted by molar-refractivity contribution is 0.00736. The van der Waals surface area contributed by atoms with E-state index in [0.29, 0.717) is 5.92 Å². The van der Waals surface area contributed by atoms with Crippen molar-refractivity contribution in [1.29, 1.82) is 0 Å². The van der Waals surface area contributed by atoms with Gasteiger partial charge in [0.25, 0.3) is 0 Å². The largest absolute Gasteiger partial charge is 0.393 e. The molecule has 0 radical (unpaired) electrons. The van der Waals surface area contributed by atoms with Crippen molar-refractivity contribution in [2.45, 2.75) is 51.2 Å². The van der Waals surface area contributed by atoms with Crippen LogP contribution in [-0.4, -0.2) is 23.9 Å². The lowest BCUT2D eigenvalue weighted by Crippen LogP contribution is -2.23. The highest BCUT2D eigenvalue weighted by molar-refractivity contribution is 4.87. The van der Waals surface area contributed by atoms with Crippen molar-refractivity contribution in [3.63, 3.8) is 0 Å². The molecular formula is C10H20O2. The summed E-state index contributed by atoms with van der Waals surface area (Å²) in [5.41, 5.74) is 0.0829. The van der Waals surface area contributed by atoms with Crippen LogP contribution in [0.25, 0.3) is 0 Å². The summed E-state index contributed by atoms with van der Waals surface area (Å²) in [6, 6.07) is 0. The van der Waals surface area contributed by atoms with Gasteiger partial charge in [0, 0.05) is 7.11 Å². The molecular weight excluding hydrogens is 152 g/mol. The summed E-state index contributed by atoms with van der Waals surface area (Å²) in [6.45, 7) is 4.03. The Balaban J connectivity index is 2.35. The van der Waals surface area contributed by atoms with Crippen molar-refractivity contribution < 1.29 is 9.84 Å². The Morgan fingerprint density at radius 2 is 2.33 bits per heavy atom. The fraction of sp³-hybridized carbons (Fsp3) is 1.00. The SMILES string of the molecule is COC1(C)CCC(CC(C)O)C1. The maximum Gasteiger partial charge on any atom is 0.0653 e. The van der Waals surface area contributed by atoms with Gasteiger partial charge >= 0.3 is 0 Å². The molecule has 72 valence electrons. The van der Waals surface area contributed by atoms with Crippen LogP contribution >= 0.6 is 0 Å². The molecule has 0 aromatic heterocycles. The first-order chi connectivity index (χ1) is 5.56. The van der Waals surface area contributed by atoms with Crippen LogP contribution in [0, 0.1) is 5.92 Å². The minimum Gasteiger partial charge on any atom is -0.393 e. The molecule has 0 aromatic carbocycles. The van der Waals surface area contributed by atoms with Crippen molar-refractivity contribution in [2.24, 2.45) is 5.92 Å². The molecule has 1 aliphatic carbocycles. The maximum absolute atomic E-state index is 9.21. The van der Waals surface area contributed by atoms with E-state index in [-0.39, 0.29) is 11.7 Å². The first kappa shape index (κ1) is 10.0. The number of hydrogen-bond donors (Lipinski definition) is 1. The molecule has 1 fully saturated rings. The van der Waals surface area contributed by atoms with E-state index in [1.807, 2.05) is 6.92 Å². The molecule has 0 aromatic rings. The molecule has 12 heavy (non-hydrogen) atoms. The Morgan fingerprint density at radius 1 is 1.67 bits per heavy atom. The van der Waals surface area contributed by atoms with E-state index in [9.17, 15) is 5.11 Å². The molecule has 1 rings (SSSR count). The quantitative estimate of drug-likeness (QED) is 0.705. The summed E-state index contributed by atoms with van der Waals surface area (Å²) in [6.07, 6.45) is 4.22. The van der Waals surface area contributed by atoms with E-state index in [1.165, 1.54) is 6.42 Å². The smallest absolute Gasteiger partial charge is 0.0653 e. The van der Waals surface area contributed by atoms with Crippen molar-refractivity contribution in [3.05, 3.63) is 0 Å². The Kier molecular flexibility index (Phi) is 3.13. The third-order valence-corrected chi connectivity index (χ3v) is 2.97. The normalized spacial score (nSPS) is 38.5. The molecule has 1 saturated carbocycles. The molecule has 3 unspecified atom stereocenters. The zero-order valence-electron chi connectivity index (χ0n) is 8.34. The predicted octanol–water partition coefficient (Wildman–Crippen LogP) is 1.96. The highest BCUT2D eigenvalue weighted by atomic mass is 16.5. The lowest BCUT2D eigenvalue weighted by Gasteiger charge is -2.22. The average molecular weight is 172 g/mol. The number of ether oxygens (including phenoxy) is 1. The molecule has 2 nitrogen and oxygen atoms in total. The third-order valence-electron chi connectivity index (χ3n) is 2.97. The van der Waals surface area contributed by atoms with Crippen LogP contribution < -0.4 is 0 Å². The minimum absolute atomic E-state index is 0.0829. The van der Waals surface area contributed by atoms with Gasteiger partial charge in [0.15, 0.2) is 0 Å². The zero-order valence-corrected chi connectivity index (χ0v) is 8.34. The van der Waals surface area contributed by atoms with Crippen LogP contribution in [0.3, 0.4) is 0 Å². The van der Waals surface area contributed by atoms with Gasteiger partial charge in [0.05, 0.1) is 11.7 Å². The fourth-order valence-corrected chi connectivity index (χ4v) is 2.19. The van der Waals surface area contributed by atoms with Crippen LogP contribution in [0.5, 0.6) is 0 Å². The van der Waals surface area contributed by atoms with Crippen LogP contribution in [0.2, 0.25) is 0 Å². The molecule has 0 heterocycles. The number of hydrogen-bond acceptors (Lipinski definition) is 2. The number of methoxy groups -OCH3 is 1. The Bertz CT molecular complexity index is 145. The average Bonchev–Trinajstić information content (AvgIpc) is 2.32. The van der Waals surface area contributed by atoms with Crippen LogP contribution in [0.15, 0.2) is 0 Å². The van der Waals surface area contributed by atoms with Crippen molar-refractivity contribution in [2.75, 3.05) is 7.11 Å². The van der Waals surface area contributed by atoms with Gasteiger partial charge in [-0.25, -0.2) is 0 Å². The summed E-state index contributed by atoms with van der Waals surface area (Å²) in [5.74, 6) is 0.662. The van der Waals surface area contributed by atoms with Gasteiger partial charge < -0.3 is 9.84 Å². The van der Waals surface area contributed by atoms with Gasteiger partial charge in [-0.15, -0.1) is 0 Å². The second-order valence-corrected chi connectivity index (χ2v) is 4.35. The molecule has 0 aliphatic heterocycles. The second kappa shape index (κ2) is 3.75. The molecule has 1 N–H and O–H groups in total. The van der Waals surface area contributed by atoms with Crippen molar-refractivity contribution in [1.82, 2.24) is 0 Å². The standard InChI is InChI=1S/C10H20O2/c1-8(11)6-9-4-5-10(2,7-9)12-3/h8-9,11H,4-7H2,1-3H3. The van der Waals surface area contributed by atoms with Crippen molar-refractivity contribution in [3.8, 4) is 0 Å². The second-order valence-electron chi connectivity index (χ2n) is 4.35. The van der Waals surface area contributed by atoms with E-state index in [2.05, 4.69) is 6.92 Å². The molecule has 0 bridgehead atoms. The van der Waals surface area contributed by atoms with Gasteiger partial charge in [-0.05, 0) is 45.4 Å². The molecule has 2 heteroatoms. The highest BCUT2D eigenvalue weighted by Crippen LogP contribution is 2.38. The van der Waals surface area contributed by atoms with Gasteiger partial charge in [0.1, 0.15) is 0 Å². The molecule has 0 spiro atoms. The van der Waals surface area contributed by atoms with E-state index in [0.717, 1.165) is 19.3 Å². The van der Waals surface area contributed by atoms with Gasteiger partial charge in [-0.2, -0.15) is 0 Å². The van der Waals surface area contributed by atoms with Gasteiger partial charge in [-0.3, -0.25) is 0 Å². The molecule has 0 amide bonds. The summed E-state index contributed by atoms with van der Waals surface area (Å²) < 4.78 is 5.43. The summed E-state index contributed by atoms with van der Waals surface area (Å²) in [4.78, 5) is 0. The summed E-state index contributed by atoms with van der Waals surface area (Å²) in [5, 5.41) is 9.21. The Hall–Kier alpha value is -0.0800.